The van der Waals surface area contributed by atoms with Gasteiger partial charge in [-0.2, -0.15) is 0 Å². The topological polar surface area (TPSA) is 59.2 Å². The lowest BCUT2D eigenvalue weighted by Crippen LogP contribution is -2.26. The van der Waals surface area contributed by atoms with Gasteiger partial charge in [0.25, 0.3) is 0 Å². The molecule has 2 N–H and O–H groups in total. The molecule has 0 fully saturated rings. The molecule has 2 aromatic rings. The standard InChI is InChI=1S/C15H17N3O/c1-18(13-6-4-10-17-11-13)15(19)9-8-12-5-2-3-7-14(12)16/h2-7,10-11H,8-9,16H2,1H3. The first-order chi connectivity index (χ1) is 9.18. The third kappa shape index (κ3) is 3.31. The van der Waals surface area contributed by atoms with Crippen LogP contribution < -0.4 is 10.6 Å². The second-order valence-corrected chi connectivity index (χ2v) is 4.36. The summed E-state index contributed by atoms with van der Waals surface area (Å²) in [6, 6.07) is 11.3. The van der Waals surface area contributed by atoms with Crippen LogP contribution in [0.2, 0.25) is 0 Å². The van der Waals surface area contributed by atoms with E-state index in [0.717, 1.165) is 16.9 Å². The summed E-state index contributed by atoms with van der Waals surface area (Å²) in [4.78, 5) is 17.7. The van der Waals surface area contributed by atoms with Gasteiger partial charge in [-0.25, -0.2) is 0 Å². The summed E-state index contributed by atoms with van der Waals surface area (Å²) in [5.41, 5.74) is 8.40. The average molecular weight is 255 g/mol. The number of amides is 1. The van der Waals surface area contributed by atoms with Gasteiger partial charge in [-0.15, -0.1) is 0 Å². The maximum absolute atomic E-state index is 12.1. The van der Waals surface area contributed by atoms with Gasteiger partial charge in [0.15, 0.2) is 0 Å². The first-order valence-corrected chi connectivity index (χ1v) is 6.18. The van der Waals surface area contributed by atoms with E-state index in [1.807, 2.05) is 36.4 Å². The summed E-state index contributed by atoms with van der Waals surface area (Å²) in [6.45, 7) is 0. The second kappa shape index (κ2) is 6.00. The van der Waals surface area contributed by atoms with E-state index in [9.17, 15) is 4.79 Å². The first-order valence-electron chi connectivity index (χ1n) is 6.18. The lowest BCUT2D eigenvalue weighted by Gasteiger charge is -2.16. The Labute approximate surface area is 112 Å². The Hall–Kier alpha value is -2.36. The van der Waals surface area contributed by atoms with Gasteiger partial charge in [0, 0.05) is 25.4 Å². The van der Waals surface area contributed by atoms with Gasteiger partial charge in [0.2, 0.25) is 5.91 Å². The largest absolute Gasteiger partial charge is 0.399 e. The molecule has 0 unspecified atom stereocenters. The minimum atomic E-state index is 0.0521. The lowest BCUT2D eigenvalue weighted by molar-refractivity contribution is -0.118. The van der Waals surface area contributed by atoms with E-state index in [4.69, 9.17) is 5.73 Å². The van der Waals surface area contributed by atoms with Crippen LogP contribution in [0.25, 0.3) is 0 Å². The van der Waals surface area contributed by atoms with E-state index in [1.54, 1.807) is 24.3 Å². The molecule has 0 saturated heterocycles. The molecule has 4 nitrogen and oxygen atoms in total. The Kier molecular flexibility index (Phi) is 4.13. The number of rotatable bonds is 4. The van der Waals surface area contributed by atoms with Gasteiger partial charge in [0.1, 0.15) is 0 Å². The number of nitrogen functional groups attached to an aromatic ring is 1. The van der Waals surface area contributed by atoms with Crippen molar-refractivity contribution in [2.24, 2.45) is 0 Å². The van der Waals surface area contributed by atoms with Crippen LogP contribution >= 0.6 is 0 Å². The number of pyridine rings is 1. The molecule has 0 aliphatic rings. The summed E-state index contributed by atoms with van der Waals surface area (Å²) in [5.74, 6) is 0.0521. The minimum absolute atomic E-state index is 0.0521. The molecule has 1 heterocycles. The van der Waals surface area contributed by atoms with Crippen LogP contribution in [0.15, 0.2) is 48.8 Å². The Bertz CT molecular complexity index is 554. The van der Waals surface area contributed by atoms with Crippen molar-refractivity contribution >= 4 is 17.3 Å². The number of hydrogen-bond acceptors (Lipinski definition) is 3. The first kappa shape index (κ1) is 13.1. The van der Waals surface area contributed by atoms with Crippen molar-refractivity contribution in [3.63, 3.8) is 0 Å². The lowest BCUT2D eigenvalue weighted by atomic mass is 10.1. The zero-order valence-corrected chi connectivity index (χ0v) is 10.9. The third-order valence-electron chi connectivity index (χ3n) is 3.07. The number of para-hydroxylation sites is 1. The van der Waals surface area contributed by atoms with Gasteiger partial charge in [-0.1, -0.05) is 18.2 Å². The van der Waals surface area contributed by atoms with E-state index in [1.165, 1.54) is 0 Å². The number of nitrogens with zero attached hydrogens (tertiary/aromatic N) is 2. The molecule has 0 spiro atoms. The molecule has 4 heteroatoms. The number of carbonyl (C=O) groups excluding carboxylic acids is 1. The van der Waals surface area contributed by atoms with Crippen molar-refractivity contribution in [1.82, 2.24) is 4.98 Å². The highest BCUT2D eigenvalue weighted by molar-refractivity contribution is 5.92. The summed E-state index contributed by atoms with van der Waals surface area (Å²) in [7, 11) is 1.76. The molecule has 0 bridgehead atoms. The predicted molar refractivity (Wildman–Crippen MR) is 76.8 cm³/mol. The monoisotopic (exact) mass is 255 g/mol. The van der Waals surface area contributed by atoms with Crippen molar-refractivity contribution in [2.45, 2.75) is 12.8 Å². The summed E-state index contributed by atoms with van der Waals surface area (Å²) < 4.78 is 0. The smallest absolute Gasteiger partial charge is 0.227 e. The van der Waals surface area contributed by atoms with E-state index < -0.39 is 0 Å². The van der Waals surface area contributed by atoms with Crippen LogP contribution in [-0.4, -0.2) is 17.9 Å². The summed E-state index contributed by atoms with van der Waals surface area (Å²) in [5, 5.41) is 0. The molecule has 98 valence electrons. The third-order valence-corrected chi connectivity index (χ3v) is 3.07. The Morgan fingerprint density at radius 3 is 2.74 bits per heavy atom. The second-order valence-electron chi connectivity index (χ2n) is 4.36. The van der Waals surface area contributed by atoms with Crippen LogP contribution in [0.4, 0.5) is 11.4 Å². The van der Waals surface area contributed by atoms with Crippen molar-refractivity contribution < 1.29 is 4.79 Å². The van der Waals surface area contributed by atoms with Crippen molar-refractivity contribution in [1.29, 1.82) is 0 Å². The Balaban J connectivity index is 1.97. The fraction of sp³-hybridized carbons (Fsp3) is 0.200. The number of carbonyl (C=O) groups is 1. The molecule has 0 radical (unpaired) electrons. The van der Waals surface area contributed by atoms with Crippen molar-refractivity contribution in [2.75, 3.05) is 17.7 Å². The molecule has 1 aromatic carbocycles. The minimum Gasteiger partial charge on any atom is -0.399 e. The maximum Gasteiger partial charge on any atom is 0.227 e. The van der Waals surface area contributed by atoms with Crippen LogP contribution in [0, 0.1) is 0 Å². The van der Waals surface area contributed by atoms with Gasteiger partial charge >= 0.3 is 0 Å². The number of benzene rings is 1. The molecular formula is C15H17N3O. The fourth-order valence-electron chi connectivity index (χ4n) is 1.87. The summed E-state index contributed by atoms with van der Waals surface area (Å²) in [6.07, 6.45) is 4.44. The van der Waals surface area contributed by atoms with Gasteiger partial charge in [-0.3, -0.25) is 9.78 Å². The van der Waals surface area contributed by atoms with Crippen molar-refractivity contribution in [3.05, 3.63) is 54.4 Å². The summed E-state index contributed by atoms with van der Waals surface area (Å²) >= 11 is 0. The zero-order chi connectivity index (χ0) is 13.7. The van der Waals surface area contributed by atoms with E-state index >= 15 is 0 Å². The predicted octanol–water partition coefficient (Wildman–Crippen LogP) is 2.26. The van der Waals surface area contributed by atoms with Crippen LogP contribution in [0.5, 0.6) is 0 Å². The molecule has 19 heavy (non-hydrogen) atoms. The van der Waals surface area contributed by atoms with Crippen LogP contribution in [0.3, 0.4) is 0 Å². The molecule has 0 atom stereocenters. The normalized spacial score (nSPS) is 10.2. The number of hydrogen-bond donors (Lipinski definition) is 1. The van der Waals surface area contributed by atoms with E-state index in [-0.39, 0.29) is 5.91 Å². The SMILES string of the molecule is CN(C(=O)CCc1ccccc1N)c1cccnc1. The van der Waals surface area contributed by atoms with E-state index in [0.29, 0.717) is 12.8 Å². The molecule has 1 amide bonds. The fourth-order valence-corrected chi connectivity index (χ4v) is 1.87. The highest BCUT2D eigenvalue weighted by Gasteiger charge is 2.11. The van der Waals surface area contributed by atoms with Crippen molar-refractivity contribution in [3.8, 4) is 0 Å². The highest BCUT2D eigenvalue weighted by atomic mass is 16.2. The molecule has 0 aliphatic heterocycles. The Morgan fingerprint density at radius 1 is 1.26 bits per heavy atom. The zero-order valence-electron chi connectivity index (χ0n) is 10.9. The van der Waals surface area contributed by atoms with E-state index in [2.05, 4.69) is 4.98 Å². The highest BCUT2D eigenvalue weighted by Crippen LogP contribution is 2.15. The van der Waals surface area contributed by atoms with Crippen LogP contribution in [-0.2, 0) is 11.2 Å². The quantitative estimate of drug-likeness (QED) is 0.852. The Morgan fingerprint density at radius 2 is 2.05 bits per heavy atom. The molecule has 1 aromatic heterocycles. The van der Waals surface area contributed by atoms with Gasteiger partial charge < -0.3 is 10.6 Å². The number of nitrogens with two attached hydrogens (primary N) is 1. The molecule has 0 aliphatic carbocycles. The molecular weight excluding hydrogens is 238 g/mol. The number of aryl methyl sites for hydroxylation is 1. The van der Waals surface area contributed by atoms with Crippen LogP contribution in [0.1, 0.15) is 12.0 Å². The maximum atomic E-state index is 12.1. The van der Waals surface area contributed by atoms with Gasteiger partial charge in [0.05, 0.1) is 11.9 Å². The van der Waals surface area contributed by atoms with Gasteiger partial charge in [-0.05, 0) is 30.2 Å². The number of anilines is 2. The number of aromatic nitrogens is 1. The average Bonchev–Trinajstić information content (AvgIpc) is 2.46. The molecule has 0 saturated carbocycles. The molecule has 2 rings (SSSR count).